The minimum Gasteiger partial charge on any atom is -0.325 e. The first-order valence-electron chi connectivity index (χ1n) is 8.35. The van der Waals surface area contributed by atoms with Crippen LogP contribution in [0.1, 0.15) is 27.7 Å². The van der Waals surface area contributed by atoms with Crippen molar-refractivity contribution in [3.8, 4) is 5.69 Å². The average molecular weight is 465 g/mol. The van der Waals surface area contributed by atoms with Gasteiger partial charge in [-0.25, -0.2) is 10.6 Å². The Labute approximate surface area is 174 Å². The van der Waals surface area contributed by atoms with E-state index in [2.05, 4.69) is 75.2 Å². The summed E-state index contributed by atoms with van der Waals surface area (Å²) < 4.78 is 2.01. The predicted molar refractivity (Wildman–Crippen MR) is 108 cm³/mol. The molecule has 1 aliphatic carbocycles. The van der Waals surface area contributed by atoms with Gasteiger partial charge >= 0.3 is 37.9 Å². The summed E-state index contributed by atoms with van der Waals surface area (Å²) in [6.45, 7) is 8.67. The fraction of sp³-hybridized carbons (Fsp3) is 0.238. The molecule has 0 fully saturated rings. The van der Waals surface area contributed by atoms with Crippen LogP contribution in [0.5, 0.6) is 0 Å². The van der Waals surface area contributed by atoms with Crippen molar-refractivity contribution in [3.05, 3.63) is 77.9 Å². The zero-order chi connectivity index (χ0) is 19.1. The maximum Gasteiger partial charge on any atom is 0.0977 e. The third-order valence-electron chi connectivity index (χ3n) is 4.64. The van der Waals surface area contributed by atoms with Crippen LogP contribution in [-0.2, 0) is 20.8 Å². The molecule has 0 saturated carbocycles. The van der Waals surface area contributed by atoms with Crippen LogP contribution in [0, 0.1) is 12.0 Å². The summed E-state index contributed by atoms with van der Waals surface area (Å²) in [5.74, 6) is 0.560. The maximum atomic E-state index is 4.93. The van der Waals surface area contributed by atoms with Gasteiger partial charge in [-0.1, -0.05) is 32.8 Å². The molecule has 1 heterocycles. The van der Waals surface area contributed by atoms with Crippen molar-refractivity contribution in [1.82, 2.24) is 9.55 Å². The number of benzene rings is 1. The van der Waals surface area contributed by atoms with E-state index in [-0.39, 0.29) is 0 Å². The van der Waals surface area contributed by atoms with E-state index < -0.39 is 20.8 Å². The Bertz CT molecular complexity index is 859. The zero-order valence-corrected chi connectivity index (χ0v) is 19.4. The topological polar surface area (TPSA) is 17.8 Å². The Hall–Kier alpha value is -1.02. The van der Waals surface area contributed by atoms with Crippen LogP contribution in [0.3, 0.4) is 0 Å². The Morgan fingerprint density at radius 2 is 1.88 bits per heavy atom. The molecule has 2 nitrogen and oxygen atoms in total. The molecule has 0 saturated heterocycles. The predicted octanol–water partition coefficient (Wildman–Crippen LogP) is 6.84. The van der Waals surface area contributed by atoms with Gasteiger partial charge in [0.05, 0.1) is 6.33 Å². The van der Waals surface area contributed by atoms with E-state index in [1.807, 2.05) is 17.1 Å². The van der Waals surface area contributed by atoms with Crippen molar-refractivity contribution in [1.29, 1.82) is 0 Å². The van der Waals surface area contributed by atoms with Crippen LogP contribution >= 0.6 is 17.0 Å². The molecule has 4 rings (SSSR count). The van der Waals surface area contributed by atoms with Gasteiger partial charge in [-0.05, 0) is 5.69 Å². The van der Waals surface area contributed by atoms with Gasteiger partial charge in [0.2, 0.25) is 0 Å². The average Bonchev–Trinajstić information content (AvgIpc) is 3.34. The second kappa shape index (κ2) is 10.4. The number of hydrogen-bond acceptors (Lipinski definition) is 1. The summed E-state index contributed by atoms with van der Waals surface area (Å²) >= 11 is -0.826. The molecule has 0 amide bonds. The summed E-state index contributed by atoms with van der Waals surface area (Å²) in [5.41, 5.74) is 5.42. The van der Waals surface area contributed by atoms with E-state index in [0.29, 0.717) is 5.92 Å². The standard InChI is InChI=1S/C12H9N2.C9H13.2ClH.Zr/c1-2-4-11-8-12(7-10(11)3-1)14-6-5-13-9-14;1-6-5-7(2)9(4)8(6)3;;;/h1-9H;6H,1-4H3;2*1H;/q2*-1;;;+4/p-2. The van der Waals surface area contributed by atoms with Gasteiger partial charge in [0.25, 0.3) is 0 Å². The van der Waals surface area contributed by atoms with Crippen molar-refractivity contribution in [2.45, 2.75) is 27.7 Å². The van der Waals surface area contributed by atoms with Gasteiger partial charge in [0, 0.05) is 12.4 Å². The summed E-state index contributed by atoms with van der Waals surface area (Å²) in [4.78, 5) is 4.03. The van der Waals surface area contributed by atoms with Crippen LogP contribution in [-0.4, -0.2) is 9.55 Å². The summed E-state index contributed by atoms with van der Waals surface area (Å²) in [7, 11) is 9.87. The molecule has 1 unspecified atom stereocenters. The van der Waals surface area contributed by atoms with Crippen LogP contribution in [0.4, 0.5) is 0 Å². The van der Waals surface area contributed by atoms with Gasteiger partial charge in [-0.2, -0.15) is 11.1 Å². The molecule has 1 aliphatic rings. The van der Waals surface area contributed by atoms with E-state index in [9.17, 15) is 0 Å². The third-order valence-corrected chi connectivity index (χ3v) is 4.64. The first-order chi connectivity index (χ1) is 12.5. The molecular formula is C21H22Cl2N2Zr. The molecule has 0 radical (unpaired) electrons. The minimum absolute atomic E-state index is 0.560. The van der Waals surface area contributed by atoms with Crippen molar-refractivity contribution >= 4 is 27.8 Å². The summed E-state index contributed by atoms with van der Waals surface area (Å²) in [6.07, 6.45) is 8.91. The molecular weight excluding hydrogens is 442 g/mol. The molecule has 3 aromatic rings. The maximum absolute atomic E-state index is 4.93. The van der Waals surface area contributed by atoms with E-state index in [1.165, 1.54) is 33.2 Å². The Kier molecular flexibility index (Phi) is 8.47. The molecule has 0 spiro atoms. The van der Waals surface area contributed by atoms with Crippen molar-refractivity contribution in [2.75, 3.05) is 0 Å². The molecule has 1 atom stereocenters. The second-order valence-corrected chi connectivity index (χ2v) is 9.91. The number of aromatic nitrogens is 2. The Balaban J connectivity index is 0.000000175. The van der Waals surface area contributed by atoms with Gasteiger partial charge < -0.3 is 4.57 Å². The molecule has 0 N–H and O–H groups in total. The number of fused-ring (bicyclic) bond motifs is 1. The monoisotopic (exact) mass is 462 g/mol. The number of rotatable bonds is 1. The molecule has 0 bridgehead atoms. The van der Waals surface area contributed by atoms with E-state index >= 15 is 0 Å². The van der Waals surface area contributed by atoms with Crippen LogP contribution < -0.4 is 0 Å². The molecule has 2 aromatic carbocycles. The quantitative estimate of drug-likeness (QED) is 0.361. The fourth-order valence-electron chi connectivity index (χ4n) is 2.86. The van der Waals surface area contributed by atoms with Crippen molar-refractivity contribution in [3.63, 3.8) is 0 Å². The van der Waals surface area contributed by atoms with Gasteiger partial charge in [0.15, 0.2) is 0 Å². The van der Waals surface area contributed by atoms with Gasteiger partial charge in [0.1, 0.15) is 0 Å². The molecule has 26 heavy (non-hydrogen) atoms. The fourth-order valence-corrected chi connectivity index (χ4v) is 2.86. The van der Waals surface area contributed by atoms with Crippen molar-refractivity contribution in [2.24, 2.45) is 5.92 Å². The number of hydrogen-bond donors (Lipinski definition) is 0. The first-order valence-corrected chi connectivity index (χ1v) is 14.7. The van der Waals surface area contributed by atoms with Crippen LogP contribution in [0.25, 0.3) is 16.5 Å². The number of allylic oxidation sites excluding steroid dienone is 4. The molecule has 5 heteroatoms. The van der Waals surface area contributed by atoms with Gasteiger partial charge in [-0.15, -0.1) is 48.0 Å². The molecule has 0 aliphatic heterocycles. The first kappa shape index (κ1) is 21.3. The Morgan fingerprint density at radius 1 is 1.19 bits per heavy atom. The zero-order valence-electron chi connectivity index (χ0n) is 15.4. The van der Waals surface area contributed by atoms with E-state index in [4.69, 9.17) is 17.0 Å². The molecule has 134 valence electrons. The number of imidazole rings is 1. The summed E-state index contributed by atoms with van der Waals surface area (Å²) in [6, 6.07) is 12.7. The smallest absolute Gasteiger partial charge is 0.0977 e. The number of halogens is 2. The van der Waals surface area contributed by atoms with E-state index in [0.717, 1.165) is 0 Å². The third kappa shape index (κ3) is 5.49. The van der Waals surface area contributed by atoms with Crippen LogP contribution in [0.15, 0.2) is 71.8 Å². The largest absolute Gasteiger partial charge is 0.325 e. The number of nitrogens with zero attached hydrogens (tertiary/aromatic N) is 2. The normalized spacial score (nSPS) is 15.6. The van der Waals surface area contributed by atoms with Crippen molar-refractivity contribution < 1.29 is 20.8 Å². The molecule has 1 aromatic heterocycles. The Morgan fingerprint density at radius 3 is 2.35 bits per heavy atom. The summed E-state index contributed by atoms with van der Waals surface area (Å²) in [5, 5.41) is 2.55. The van der Waals surface area contributed by atoms with E-state index in [1.54, 1.807) is 6.20 Å². The SMILES string of the molecule is CC1=[C-]C(C)C(C)=C1C.[Cl][Zr+2][Cl].c1ccc2[cH-]c(-n3ccnc3)cc2c1. The minimum atomic E-state index is -0.826. The van der Waals surface area contributed by atoms with Crippen LogP contribution in [0.2, 0.25) is 0 Å². The second-order valence-electron chi connectivity index (χ2n) is 6.18. The van der Waals surface area contributed by atoms with Gasteiger partial charge in [-0.3, -0.25) is 6.08 Å².